The molecule has 2 aromatic rings. The van der Waals surface area contributed by atoms with Gasteiger partial charge in [-0.25, -0.2) is 8.42 Å². The van der Waals surface area contributed by atoms with Crippen LogP contribution in [0.1, 0.15) is 30.9 Å². The summed E-state index contributed by atoms with van der Waals surface area (Å²) in [7, 11) is -3.46. The summed E-state index contributed by atoms with van der Waals surface area (Å²) in [5.41, 5.74) is 6.39. The van der Waals surface area contributed by atoms with Gasteiger partial charge in [0.05, 0.1) is 10.8 Å². The average molecular weight is 331 g/mol. The molecule has 0 aliphatic rings. The summed E-state index contributed by atoms with van der Waals surface area (Å²) in [6.07, 6.45) is 1.14. The van der Waals surface area contributed by atoms with Crippen molar-refractivity contribution < 1.29 is 13.2 Å². The maximum absolute atomic E-state index is 12.2. The molecule has 0 aliphatic heterocycles. The summed E-state index contributed by atoms with van der Waals surface area (Å²) in [6, 6.07) is 16.0. The first kappa shape index (κ1) is 17.2. The van der Waals surface area contributed by atoms with Crippen LogP contribution in [0, 0.1) is 0 Å². The Morgan fingerprint density at radius 2 is 1.52 bits per heavy atom. The van der Waals surface area contributed by atoms with Gasteiger partial charge in [0.25, 0.3) is 0 Å². The first-order valence-electron chi connectivity index (χ1n) is 7.29. The molecule has 0 aromatic heterocycles. The van der Waals surface area contributed by atoms with Gasteiger partial charge in [-0.2, -0.15) is 0 Å². The predicted molar refractivity (Wildman–Crippen MR) is 91.0 cm³/mol. The van der Waals surface area contributed by atoms with E-state index in [2.05, 4.69) is 0 Å². The molecule has 2 aromatic carbocycles. The van der Waals surface area contributed by atoms with Gasteiger partial charge in [-0.05, 0) is 17.2 Å². The molecule has 122 valence electrons. The van der Waals surface area contributed by atoms with E-state index in [1.54, 1.807) is 18.2 Å². The third-order valence-corrected chi connectivity index (χ3v) is 5.32. The molecule has 0 bridgehead atoms. The van der Waals surface area contributed by atoms with Gasteiger partial charge in [0.2, 0.25) is 5.91 Å². The maximum atomic E-state index is 12.2. The van der Waals surface area contributed by atoms with Gasteiger partial charge in [-0.15, -0.1) is 0 Å². The number of carbonyl (C=O) groups excluding carboxylic acids is 1. The minimum Gasteiger partial charge on any atom is -0.369 e. The number of hydrogen-bond acceptors (Lipinski definition) is 3. The Bertz CT molecular complexity index is 811. The summed E-state index contributed by atoms with van der Waals surface area (Å²) >= 11 is 0. The van der Waals surface area contributed by atoms with Crippen LogP contribution in [0.3, 0.4) is 0 Å². The third kappa shape index (κ3) is 3.45. The van der Waals surface area contributed by atoms with Gasteiger partial charge < -0.3 is 5.73 Å². The van der Waals surface area contributed by atoms with Crippen molar-refractivity contribution in [2.45, 2.75) is 30.1 Å². The third-order valence-electron chi connectivity index (χ3n) is 4.15. The zero-order chi connectivity index (χ0) is 17.3. The summed E-state index contributed by atoms with van der Waals surface area (Å²) in [6.45, 7) is 3.80. The van der Waals surface area contributed by atoms with Gasteiger partial charge in [0.15, 0.2) is 9.84 Å². The van der Waals surface area contributed by atoms with E-state index in [-0.39, 0.29) is 4.90 Å². The zero-order valence-corrected chi connectivity index (χ0v) is 14.3. The Labute approximate surface area is 137 Å². The van der Waals surface area contributed by atoms with Crippen LogP contribution >= 0.6 is 0 Å². The second-order valence-corrected chi connectivity index (χ2v) is 8.22. The number of carbonyl (C=O) groups is 1. The highest BCUT2D eigenvalue weighted by Gasteiger charge is 2.38. The molecule has 0 aliphatic carbocycles. The van der Waals surface area contributed by atoms with Gasteiger partial charge in [-0.1, -0.05) is 62.4 Å². The van der Waals surface area contributed by atoms with Gasteiger partial charge in [-0.3, -0.25) is 4.79 Å². The molecule has 23 heavy (non-hydrogen) atoms. The first-order chi connectivity index (χ1) is 10.7. The highest BCUT2D eigenvalue weighted by Crippen LogP contribution is 2.40. The number of nitrogens with two attached hydrogens (primary N) is 1. The maximum Gasteiger partial charge on any atom is 0.225 e. The molecule has 1 amide bonds. The lowest BCUT2D eigenvalue weighted by Gasteiger charge is -2.34. The second kappa shape index (κ2) is 6.16. The van der Waals surface area contributed by atoms with E-state index < -0.39 is 27.1 Å². The van der Waals surface area contributed by atoms with E-state index in [9.17, 15) is 13.2 Å². The topological polar surface area (TPSA) is 77.2 Å². The Hall–Kier alpha value is -2.14. The first-order valence-corrected chi connectivity index (χ1v) is 9.18. The normalized spacial score (nSPS) is 13.5. The Balaban J connectivity index is 2.69. The minimum absolute atomic E-state index is 0.146. The van der Waals surface area contributed by atoms with Crippen molar-refractivity contribution in [1.29, 1.82) is 0 Å². The van der Waals surface area contributed by atoms with Crippen molar-refractivity contribution >= 4 is 15.7 Å². The van der Waals surface area contributed by atoms with Crippen LogP contribution in [0.25, 0.3) is 0 Å². The lowest BCUT2D eigenvalue weighted by molar-refractivity contribution is -0.120. The lowest BCUT2D eigenvalue weighted by Crippen LogP contribution is -2.37. The van der Waals surface area contributed by atoms with E-state index in [0.29, 0.717) is 5.56 Å². The highest BCUT2D eigenvalue weighted by atomic mass is 32.2. The van der Waals surface area contributed by atoms with Gasteiger partial charge >= 0.3 is 0 Å². The second-order valence-electron chi connectivity index (χ2n) is 6.23. The van der Waals surface area contributed by atoms with E-state index in [4.69, 9.17) is 5.73 Å². The van der Waals surface area contributed by atoms with E-state index in [0.717, 1.165) is 11.8 Å². The number of sulfone groups is 1. The summed E-state index contributed by atoms with van der Waals surface area (Å²) in [5.74, 6) is -1.30. The van der Waals surface area contributed by atoms with Crippen LogP contribution in [0.4, 0.5) is 0 Å². The SMILES string of the molecule is CC(C)(c1ccccc1)C(C(N)=O)c1ccccc1S(C)(=O)=O. The molecule has 0 radical (unpaired) electrons. The van der Waals surface area contributed by atoms with E-state index in [1.807, 2.05) is 44.2 Å². The monoisotopic (exact) mass is 331 g/mol. The van der Waals surface area contributed by atoms with E-state index in [1.165, 1.54) is 6.07 Å². The van der Waals surface area contributed by atoms with Crippen molar-refractivity contribution in [3.05, 3.63) is 65.7 Å². The fourth-order valence-corrected chi connectivity index (χ4v) is 3.93. The van der Waals surface area contributed by atoms with Crippen molar-refractivity contribution in [3.63, 3.8) is 0 Å². The zero-order valence-electron chi connectivity index (χ0n) is 13.5. The van der Waals surface area contributed by atoms with Crippen LogP contribution in [0.2, 0.25) is 0 Å². The molecule has 0 heterocycles. The smallest absolute Gasteiger partial charge is 0.225 e. The molecule has 1 atom stereocenters. The minimum atomic E-state index is -3.46. The van der Waals surface area contributed by atoms with Crippen LogP contribution < -0.4 is 5.73 Å². The number of amides is 1. The standard InChI is InChI=1S/C18H21NO3S/c1-18(2,13-9-5-4-6-10-13)16(17(19)20)14-11-7-8-12-15(14)23(3,21)22/h4-12,16H,1-3H3,(H2,19,20). The summed E-state index contributed by atoms with van der Waals surface area (Å²) in [4.78, 5) is 12.4. The lowest BCUT2D eigenvalue weighted by atomic mass is 9.70. The highest BCUT2D eigenvalue weighted by molar-refractivity contribution is 7.90. The molecule has 0 fully saturated rings. The van der Waals surface area contributed by atoms with Crippen LogP contribution in [0.15, 0.2) is 59.5 Å². The quantitative estimate of drug-likeness (QED) is 0.915. The summed E-state index contributed by atoms with van der Waals surface area (Å²) < 4.78 is 24.2. The molecular weight excluding hydrogens is 310 g/mol. The van der Waals surface area contributed by atoms with Crippen molar-refractivity contribution in [2.24, 2.45) is 5.73 Å². The average Bonchev–Trinajstić information content (AvgIpc) is 2.47. The van der Waals surface area contributed by atoms with Crippen LogP contribution in [0.5, 0.6) is 0 Å². The number of primary amides is 1. The molecule has 0 saturated carbocycles. The van der Waals surface area contributed by atoms with Crippen LogP contribution in [-0.2, 0) is 20.0 Å². The van der Waals surface area contributed by atoms with Crippen LogP contribution in [-0.4, -0.2) is 20.6 Å². The Morgan fingerprint density at radius 1 is 1.00 bits per heavy atom. The van der Waals surface area contributed by atoms with Crippen molar-refractivity contribution in [1.82, 2.24) is 0 Å². The predicted octanol–water partition coefficient (Wildman–Crippen LogP) is 2.64. The molecule has 2 N–H and O–H groups in total. The van der Waals surface area contributed by atoms with Gasteiger partial charge in [0.1, 0.15) is 0 Å². The molecule has 0 spiro atoms. The fourth-order valence-electron chi connectivity index (χ4n) is 2.99. The molecule has 0 saturated heterocycles. The van der Waals surface area contributed by atoms with Crippen molar-refractivity contribution in [3.8, 4) is 0 Å². The molecule has 2 rings (SSSR count). The summed E-state index contributed by atoms with van der Waals surface area (Å²) in [5, 5.41) is 0. The van der Waals surface area contributed by atoms with Crippen molar-refractivity contribution in [2.75, 3.05) is 6.26 Å². The van der Waals surface area contributed by atoms with E-state index >= 15 is 0 Å². The molecule has 1 unspecified atom stereocenters. The molecule has 5 heteroatoms. The number of benzene rings is 2. The molecular formula is C18H21NO3S. The largest absolute Gasteiger partial charge is 0.369 e. The number of rotatable bonds is 5. The Morgan fingerprint density at radius 3 is 2.04 bits per heavy atom. The Kier molecular flexibility index (Phi) is 4.61. The van der Waals surface area contributed by atoms with Gasteiger partial charge in [0, 0.05) is 11.7 Å². The molecule has 4 nitrogen and oxygen atoms in total. The number of hydrogen-bond donors (Lipinski definition) is 1. The fraction of sp³-hybridized carbons (Fsp3) is 0.278.